The third-order valence-corrected chi connectivity index (χ3v) is 4.67. The van der Waals surface area contributed by atoms with Crippen LogP contribution >= 0.6 is 0 Å². The van der Waals surface area contributed by atoms with Gasteiger partial charge in [0.2, 0.25) is 5.91 Å². The molecule has 1 saturated heterocycles. The van der Waals surface area contributed by atoms with E-state index in [1.165, 1.54) is 5.56 Å². The van der Waals surface area contributed by atoms with E-state index in [0.29, 0.717) is 0 Å². The Balaban J connectivity index is 1.72. The van der Waals surface area contributed by atoms with Gasteiger partial charge in [0, 0.05) is 26.3 Å². The van der Waals surface area contributed by atoms with E-state index in [2.05, 4.69) is 47.3 Å². The van der Waals surface area contributed by atoms with Crippen molar-refractivity contribution in [1.82, 2.24) is 19.6 Å². The number of likely N-dealkylation sites (N-methyl/N-ethyl adjacent to an activating group) is 1. The van der Waals surface area contributed by atoms with Crippen LogP contribution in [-0.2, 0) is 11.3 Å². The summed E-state index contributed by atoms with van der Waals surface area (Å²) < 4.78 is 1.97. The zero-order valence-corrected chi connectivity index (χ0v) is 15.0. The minimum absolute atomic E-state index is 0.0238. The molecule has 5 nitrogen and oxygen atoms in total. The zero-order valence-electron chi connectivity index (χ0n) is 15.0. The largest absolute Gasteiger partial charge is 0.347 e. The molecule has 0 bridgehead atoms. The number of amides is 1. The first-order chi connectivity index (χ1) is 11.5. The lowest BCUT2D eigenvalue weighted by atomic mass is 10.1. The monoisotopic (exact) mass is 326 g/mol. The van der Waals surface area contributed by atoms with E-state index >= 15 is 0 Å². The molecule has 0 N–H and O–H groups in total. The number of hydrogen-bond donors (Lipinski definition) is 0. The normalized spacial score (nSPS) is 18.1. The molecule has 24 heavy (non-hydrogen) atoms. The van der Waals surface area contributed by atoms with Crippen LogP contribution in [0, 0.1) is 13.8 Å². The Bertz CT molecular complexity index is 717. The van der Waals surface area contributed by atoms with Gasteiger partial charge in [0.05, 0.1) is 17.4 Å². The molecule has 1 aromatic heterocycles. The lowest BCUT2D eigenvalue weighted by Gasteiger charge is -2.26. The van der Waals surface area contributed by atoms with Gasteiger partial charge in [-0.25, -0.2) is 4.68 Å². The summed E-state index contributed by atoms with van der Waals surface area (Å²) in [5.41, 5.74) is 4.47. The highest BCUT2D eigenvalue weighted by molar-refractivity contribution is 5.81. The summed E-state index contributed by atoms with van der Waals surface area (Å²) in [5.74, 6) is 0.215. The molecule has 5 heteroatoms. The molecular formula is C19H26N4O. The predicted molar refractivity (Wildman–Crippen MR) is 95.2 cm³/mol. The molecule has 3 rings (SSSR count). The maximum atomic E-state index is 12.3. The number of aryl methyl sites for hydroxylation is 2. The van der Waals surface area contributed by atoms with Gasteiger partial charge in [-0.15, -0.1) is 0 Å². The molecule has 0 radical (unpaired) electrons. The van der Waals surface area contributed by atoms with Crippen LogP contribution in [0.5, 0.6) is 0 Å². The fourth-order valence-corrected chi connectivity index (χ4v) is 3.46. The third kappa shape index (κ3) is 3.36. The van der Waals surface area contributed by atoms with Crippen LogP contribution in [0.4, 0.5) is 0 Å². The van der Waals surface area contributed by atoms with E-state index in [0.717, 1.165) is 43.0 Å². The van der Waals surface area contributed by atoms with Crippen molar-refractivity contribution in [2.24, 2.45) is 0 Å². The molecule has 1 fully saturated rings. The number of carbonyl (C=O) groups excluding carboxylic acids is 1. The predicted octanol–water partition coefficient (Wildman–Crippen LogP) is 2.54. The average Bonchev–Trinajstić information content (AvgIpc) is 3.13. The minimum atomic E-state index is 0.0238. The summed E-state index contributed by atoms with van der Waals surface area (Å²) in [6.45, 7) is 5.88. The Kier molecular flexibility index (Phi) is 4.71. The molecular weight excluding hydrogens is 300 g/mol. The number of benzene rings is 1. The summed E-state index contributed by atoms with van der Waals surface area (Å²) >= 11 is 0. The fourth-order valence-electron chi connectivity index (χ4n) is 3.46. The number of likely N-dealkylation sites (tertiary alicyclic amines) is 1. The van der Waals surface area contributed by atoms with Gasteiger partial charge in [0.25, 0.3) is 0 Å². The van der Waals surface area contributed by atoms with Gasteiger partial charge in [-0.1, -0.05) is 12.1 Å². The second-order valence-electron chi connectivity index (χ2n) is 6.87. The first-order valence-electron chi connectivity index (χ1n) is 8.53. The lowest BCUT2D eigenvalue weighted by molar-refractivity contribution is -0.133. The summed E-state index contributed by atoms with van der Waals surface area (Å²) in [7, 11) is 3.67. The van der Waals surface area contributed by atoms with Gasteiger partial charge in [-0.3, -0.25) is 9.69 Å². The van der Waals surface area contributed by atoms with Crippen molar-refractivity contribution in [2.45, 2.75) is 39.3 Å². The van der Waals surface area contributed by atoms with Crippen LogP contribution in [0.2, 0.25) is 0 Å². The first kappa shape index (κ1) is 16.7. The Morgan fingerprint density at radius 2 is 1.96 bits per heavy atom. The maximum absolute atomic E-state index is 12.3. The number of nitrogens with zero attached hydrogens (tertiary/aromatic N) is 4. The number of hydrogen-bond acceptors (Lipinski definition) is 3. The maximum Gasteiger partial charge on any atom is 0.239 e. The van der Waals surface area contributed by atoms with Crippen LogP contribution in [-0.4, -0.2) is 52.2 Å². The van der Waals surface area contributed by atoms with Gasteiger partial charge in [-0.2, -0.15) is 5.10 Å². The van der Waals surface area contributed by atoms with Gasteiger partial charge < -0.3 is 4.90 Å². The van der Waals surface area contributed by atoms with Crippen LogP contribution in [0.3, 0.4) is 0 Å². The van der Waals surface area contributed by atoms with Crippen molar-refractivity contribution >= 4 is 5.91 Å². The molecule has 1 aromatic carbocycles. The molecule has 1 atom stereocenters. The van der Waals surface area contributed by atoms with E-state index in [1.807, 2.05) is 25.7 Å². The zero-order chi connectivity index (χ0) is 17.3. The van der Waals surface area contributed by atoms with Crippen LogP contribution < -0.4 is 0 Å². The van der Waals surface area contributed by atoms with Crippen molar-refractivity contribution in [2.75, 3.05) is 20.6 Å². The van der Waals surface area contributed by atoms with Crippen molar-refractivity contribution < 1.29 is 4.79 Å². The second-order valence-corrected chi connectivity index (χ2v) is 6.87. The fraction of sp³-hybridized carbons (Fsp3) is 0.474. The van der Waals surface area contributed by atoms with E-state index in [1.54, 1.807) is 4.90 Å². The molecule has 1 amide bonds. The highest BCUT2D eigenvalue weighted by Crippen LogP contribution is 2.22. The van der Waals surface area contributed by atoms with Crippen LogP contribution in [0.15, 0.2) is 30.3 Å². The third-order valence-electron chi connectivity index (χ3n) is 4.67. The molecule has 2 heterocycles. The molecule has 1 aliphatic rings. The smallest absolute Gasteiger partial charge is 0.239 e. The highest BCUT2D eigenvalue weighted by atomic mass is 16.2. The highest BCUT2D eigenvalue weighted by Gasteiger charge is 2.31. The molecule has 128 valence electrons. The Morgan fingerprint density at radius 1 is 1.25 bits per heavy atom. The van der Waals surface area contributed by atoms with Gasteiger partial charge >= 0.3 is 0 Å². The second kappa shape index (κ2) is 6.77. The number of aromatic nitrogens is 2. The SMILES string of the molecule is Cc1cc(C)n(-c2ccc(CN3CCC[C@@H]3C(=O)N(C)C)cc2)n1. The summed E-state index contributed by atoms with van der Waals surface area (Å²) in [5, 5.41) is 4.52. The topological polar surface area (TPSA) is 41.4 Å². The number of rotatable bonds is 4. The summed E-state index contributed by atoms with van der Waals surface area (Å²) in [6, 6.07) is 10.6. The quantitative estimate of drug-likeness (QED) is 0.867. The van der Waals surface area contributed by atoms with Crippen molar-refractivity contribution in [3.8, 4) is 5.69 Å². The van der Waals surface area contributed by atoms with E-state index < -0.39 is 0 Å². The summed E-state index contributed by atoms with van der Waals surface area (Å²) in [4.78, 5) is 16.3. The molecule has 0 aliphatic carbocycles. The molecule has 0 saturated carbocycles. The minimum Gasteiger partial charge on any atom is -0.347 e. The van der Waals surface area contributed by atoms with Gasteiger partial charge in [0.15, 0.2) is 0 Å². The Morgan fingerprint density at radius 3 is 2.54 bits per heavy atom. The molecule has 1 aliphatic heterocycles. The van der Waals surface area contributed by atoms with E-state index in [4.69, 9.17) is 0 Å². The van der Waals surface area contributed by atoms with E-state index in [9.17, 15) is 4.79 Å². The van der Waals surface area contributed by atoms with Gasteiger partial charge in [0.1, 0.15) is 0 Å². The van der Waals surface area contributed by atoms with Crippen molar-refractivity contribution in [3.05, 3.63) is 47.3 Å². The number of carbonyl (C=O) groups is 1. The summed E-state index contributed by atoms with van der Waals surface area (Å²) in [6.07, 6.45) is 2.05. The molecule has 0 spiro atoms. The molecule has 2 aromatic rings. The van der Waals surface area contributed by atoms with Gasteiger partial charge in [-0.05, 0) is 57.0 Å². The van der Waals surface area contributed by atoms with Crippen LogP contribution in [0.1, 0.15) is 29.8 Å². The van der Waals surface area contributed by atoms with Crippen molar-refractivity contribution in [1.29, 1.82) is 0 Å². The molecule has 0 unspecified atom stereocenters. The Hall–Kier alpha value is -2.14. The lowest BCUT2D eigenvalue weighted by Crippen LogP contribution is -2.42. The van der Waals surface area contributed by atoms with Crippen LogP contribution in [0.25, 0.3) is 5.69 Å². The Labute approximate surface area is 143 Å². The van der Waals surface area contributed by atoms with Crippen molar-refractivity contribution in [3.63, 3.8) is 0 Å². The standard InChI is InChI=1S/C19H26N4O/c1-14-12-15(2)23(20-14)17-9-7-16(8-10-17)13-22-11-5-6-18(22)19(24)21(3)4/h7-10,12,18H,5-6,11,13H2,1-4H3/t18-/m1/s1. The average molecular weight is 326 g/mol. The van der Waals surface area contributed by atoms with E-state index in [-0.39, 0.29) is 11.9 Å². The first-order valence-corrected chi connectivity index (χ1v) is 8.53.